The Morgan fingerprint density at radius 3 is 2.35 bits per heavy atom. The summed E-state index contributed by atoms with van der Waals surface area (Å²) in [5.74, 6) is -1.16. The van der Waals surface area contributed by atoms with Crippen molar-refractivity contribution >= 4 is 17.4 Å². The molecule has 0 radical (unpaired) electrons. The van der Waals surface area contributed by atoms with Crippen LogP contribution in [-0.2, 0) is 6.18 Å². The van der Waals surface area contributed by atoms with Crippen LogP contribution in [-0.4, -0.2) is 15.5 Å². The fourth-order valence-corrected chi connectivity index (χ4v) is 1.23. The van der Waals surface area contributed by atoms with Crippen LogP contribution in [0.5, 0.6) is 0 Å². The van der Waals surface area contributed by atoms with Gasteiger partial charge in [0.25, 0.3) is 0 Å². The number of anilines is 1. The van der Waals surface area contributed by atoms with Gasteiger partial charge in [0.2, 0.25) is 5.82 Å². The second-order valence-electron chi connectivity index (χ2n) is 4.26. The van der Waals surface area contributed by atoms with E-state index in [1.807, 2.05) is 20.8 Å². The van der Waals surface area contributed by atoms with Crippen LogP contribution in [0.2, 0.25) is 5.15 Å². The van der Waals surface area contributed by atoms with Crippen molar-refractivity contribution in [2.75, 3.05) is 5.32 Å². The van der Waals surface area contributed by atoms with Crippen LogP contribution in [0, 0.1) is 0 Å². The maximum atomic E-state index is 12.5. The molecule has 1 aromatic heterocycles. The Morgan fingerprint density at radius 2 is 1.88 bits per heavy atom. The Balaban J connectivity index is 3.06. The molecule has 0 atom stereocenters. The van der Waals surface area contributed by atoms with E-state index >= 15 is 0 Å². The van der Waals surface area contributed by atoms with Crippen LogP contribution in [0.1, 0.15) is 33.0 Å². The van der Waals surface area contributed by atoms with Gasteiger partial charge >= 0.3 is 6.18 Å². The third-order valence-corrected chi connectivity index (χ3v) is 2.49. The van der Waals surface area contributed by atoms with E-state index < -0.39 is 12.0 Å². The molecule has 0 spiro atoms. The number of rotatable bonds is 3. The molecule has 1 N–H and O–H groups in total. The molecule has 7 heteroatoms. The number of hydrogen-bond acceptors (Lipinski definition) is 3. The Bertz CT molecular complexity index is 404. The summed E-state index contributed by atoms with van der Waals surface area (Å²) in [5.41, 5.74) is -0.361. The molecule has 17 heavy (non-hydrogen) atoms. The predicted molar refractivity (Wildman–Crippen MR) is 60.0 cm³/mol. The van der Waals surface area contributed by atoms with Gasteiger partial charge < -0.3 is 5.32 Å². The standard InChI is InChI=1S/C10H13ClF3N3/c1-4-9(2,3)17-7-5-6(11)15-8(16-7)10(12,13)14/h5H,4H2,1-3H3,(H,15,16,17). The molecule has 96 valence electrons. The van der Waals surface area contributed by atoms with E-state index in [0.717, 1.165) is 6.42 Å². The summed E-state index contributed by atoms with van der Waals surface area (Å²) in [6, 6.07) is 1.27. The van der Waals surface area contributed by atoms with Gasteiger partial charge in [0.1, 0.15) is 11.0 Å². The van der Waals surface area contributed by atoms with Crippen molar-refractivity contribution in [1.82, 2.24) is 9.97 Å². The lowest BCUT2D eigenvalue weighted by atomic mass is 10.0. The lowest BCUT2D eigenvalue weighted by Gasteiger charge is -2.25. The number of aromatic nitrogens is 2. The number of nitrogens with one attached hydrogen (secondary N) is 1. The molecule has 0 bridgehead atoms. The molecule has 0 unspecified atom stereocenters. The van der Waals surface area contributed by atoms with E-state index in [4.69, 9.17) is 11.6 Å². The lowest BCUT2D eigenvalue weighted by Crippen LogP contribution is -2.30. The summed E-state index contributed by atoms with van der Waals surface area (Å²) in [6.07, 6.45) is -3.87. The molecule has 0 amide bonds. The maximum Gasteiger partial charge on any atom is 0.451 e. The fourth-order valence-electron chi connectivity index (χ4n) is 1.04. The van der Waals surface area contributed by atoms with E-state index in [1.165, 1.54) is 6.07 Å². The van der Waals surface area contributed by atoms with Gasteiger partial charge in [0.05, 0.1) is 0 Å². The summed E-state index contributed by atoms with van der Waals surface area (Å²) in [5, 5.41) is 2.65. The molecule has 3 nitrogen and oxygen atoms in total. The molecule has 1 aromatic rings. The molecule has 0 aliphatic carbocycles. The molecule has 0 aliphatic rings. The fraction of sp³-hybridized carbons (Fsp3) is 0.600. The van der Waals surface area contributed by atoms with Gasteiger partial charge in [-0.2, -0.15) is 13.2 Å². The molecular formula is C10H13ClF3N3. The van der Waals surface area contributed by atoms with E-state index in [-0.39, 0.29) is 16.5 Å². The number of hydrogen-bond donors (Lipinski definition) is 1. The second-order valence-corrected chi connectivity index (χ2v) is 4.65. The number of nitrogens with zero attached hydrogens (tertiary/aromatic N) is 2. The zero-order chi connectivity index (χ0) is 13.3. The highest BCUT2D eigenvalue weighted by atomic mass is 35.5. The first kappa shape index (κ1) is 14.0. The molecular weight excluding hydrogens is 255 g/mol. The smallest absolute Gasteiger partial charge is 0.365 e. The van der Waals surface area contributed by atoms with Crippen molar-refractivity contribution in [1.29, 1.82) is 0 Å². The minimum absolute atomic E-state index is 0.0733. The highest BCUT2D eigenvalue weighted by molar-refractivity contribution is 6.29. The van der Waals surface area contributed by atoms with E-state index in [9.17, 15) is 13.2 Å². The third-order valence-electron chi connectivity index (χ3n) is 2.30. The van der Waals surface area contributed by atoms with Gasteiger partial charge in [-0.15, -0.1) is 0 Å². The molecule has 0 fully saturated rings. The van der Waals surface area contributed by atoms with Crippen molar-refractivity contribution in [3.63, 3.8) is 0 Å². The van der Waals surface area contributed by atoms with Crippen LogP contribution < -0.4 is 5.32 Å². The van der Waals surface area contributed by atoms with Gasteiger partial charge in [0, 0.05) is 11.6 Å². The van der Waals surface area contributed by atoms with Crippen molar-refractivity contribution in [2.24, 2.45) is 0 Å². The van der Waals surface area contributed by atoms with Gasteiger partial charge in [-0.1, -0.05) is 18.5 Å². The van der Waals surface area contributed by atoms with Crippen LogP contribution in [0.15, 0.2) is 6.07 Å². The SMILES string of the molecule is CCC(C)(C)Nc1cc(Cl)nc(C(F)(F)F)n1. The van der Waals surface area contributed by atoms with Crippen molar-refractivity contribution in [2.45, 2.75) is 38.9 Å². The molecule has 0 aromatic carbocycles. The zero-order valence-electron chi connectivity index (χ0n) is 9.69. The zero-order valence-corrected chi connectivity index (χ0v) is 10.4. The Morgan fingerprint density at radius 1 is 1.29 bits per heavy atom. The summed E-state index contributed by atoms with van der Waals surface area (Å²) in [4.78, 5) is 6.56. The van der Waals surface area contributed by atoms with E-state index in [0.29, 0.717) is 0 Å². The average molecular weight is 268 g/mol. The van der Waals surface area contributed by atoms with Crippen LogP contribution in [0.25, 0.3) is 0 Å². The largest absolute Gasteiger partial charge is 0.451 e. The highest BCUT2D eigenvalue weighted by Crippen LogP contribution is 2.29. The first-order valence-electron chi connectivity index (χ1n) is 5.04. The van der Waals surface area contributed by atoms with Gasteiger partial charge in [-0.3, -0.25) is 0 Å². The second kappa shape index (κ2) is 4.68. The summed E-state index contributed by atoms with van der Waals surface area (Å²) in [7, 11) is 0. The van der Waals surface area contributed by atoms with E-state index in [1.54, 1.807) is 0 Å². The highest BCUT2D eigenvalue weighted by Gasteiger charge is 2.35. The topological polar surface area (TPSA) is 37.8 Å². The normalized spacial score (nSPS) is 12.6. The Hall–Kier alpha value is -1.04. The van der Waals surface area contributed by atoms with Gasteiger partial charge in [0.15, 0.2) is 0 Å². The van der Waals surface area contributed by atoms with Crippen molar-refractivity contribution in [3.8, 4) is 0 Å². The van der Waals surface area contributed by atoms with Gasteiger partial charge in [-0.25, -0.2) is 9.97 Å². The van der Waals surface area contributed by atoms with Crippen molar-refractivity contribution < 1.29 is 13.2 Å². The molecule has 1 rings (SSSR count). The Labute approximate surface area is 102 Å². The van der Waals surface area contributed by atoms with Crippen LogP contribution >= 0.6 is 11.6 Å². The molecule has 1 heterocycles. The molecule has 0 saturated heterocycles. The minimum Gasteiger partial charge on any atom is -0.365 e. The number of halogens is 4. The number of alkyl halides is 3. The monoisotopic (exact) mass is 267 g/mol. The lowest BCUT2D eigenvalue weighted by molar-refractivity contribution is -0.144. The first-order chi connectivity index (χ1) is 7.64. The quantitative estimate of drug-likeness (QED) is 0.848. The Kier molecular flexibility index (Phi) is 3.86. The predicted octanol–water partition coefficient (Wildman–Crippen LogP) is 3.75. The maximum absolute atomic E-state index is 12.5. The average Bonchev–Trinajstić information content (AvgIpc) is 2.14. The first-order valence-corrected chi connectivity index (χ1v) is 5.42. The summed E-state index contributed by atoms with van der Waals surface area (Å²) in [6.45, 7) is 5.63. The van der Waals surface area contributed by atoms with Gasteiger partial charge in [-0.05, 0) is 20.3 Å². The summed E-state index contributed by atoms with van der Waals surface area (Å²) < 4.78 is 37.4. The van der Waals surface area contributed by atoms with E-state index in [2.05, 4.69) is 15.3 Å². The molecule has 0 aliphatic heterocycles. The third kappa shape index (κ3) is 4.03. The molecule has 0 saturated carbocycles. The van der Waals surface area contributed by atoms with Crippen molar-refractivity contribution in [3.05, 3.63) is 17.0 Å². The minimum atomic E-state index is -4.60. The van der Waals surface area contributed by atoms with Crippen LogP contribution in [0.3, 0.4) is 0 Å². The summed E-state index contributed by atoms with van der Waals surface area (Å²) >= 11 is 5.54. The van der Waals surface area contributed by atoms with Crippen LogP contribution in [0.4, 0.5) is 19.0 Å².